The Labute approximate surface area is 70.0 Å². The van der Waals surface area contributed by atoms with Gasteiger partial charge in [0.15, 0.2) is 0 Å². The fraction of sp³-hybridized carbons (Fsp3) is 0.333. The van der Waals surface area contributed by atoms with Crippen LogP contribution in [0, 0.1) is 0 Å². The minimum Gasteiger partial charge on any atom is -0.352 e. The summed E-state index contributed by atoms with van der Waals surface area (Å²) < 4.78 is 0. The zero-order valence-electron chi connectivity index (χ0n) is 6.54. The summed E-state index contributed by atoms with van der Waals surface area (Å²) in [7, 11) is 0. The molecule has 0 heterocycles. The van der Waals surface area contributed by atoms with Gasteiger partial charge in [0.05, 0.1) is 0 Å². The second kappa shape index (κ2) is 6.02. The lowest BCUT2D eigenvalue weighted by Gasteiger charge is -1.95. The Morgan fingerprint density at radius 1 is 1.00 bits per heavy atom. The zero-order chi connectivity index (χ0) is 9.40. The number of nitrogens with one attached hydrogen (secondary N) is 2. The third-order valence-electron chi connectivity index (χ3n) is 0.955. The average molecular weight is 172 g/mol. The van der Waals surface area contributed by atoms with Crippen LogP contribution in [0.15, 0.2) is 12.2 Å². The quantitative estimate of drug-likeness (QED) is 0.403. The fourth-order valence-electron chi connectivity index (χ4n) is 0.486. The van der Waals surface area contributed by atoms with Crippen molar-refractivity contribution < 1.29 is 9.59 Å². The summed E-state index contributed by atoms with van der Waals surface area (Å²) in [5, 5.41) is 4.68. The lowest BCUT2D eigenvalue weighted by Crippen LogP contribution is -2.30. The Bertz CT molecular complexity index is 170. The monoisotopic (exact) mass is 172 g/mol. The van der Waals surface area contributed by atoms with Crippen molar-refractivity contribution in [1.29, 1.82) is 0 Å². The predicted molar refractivity (Wildman–Crippen MR) is 44.3 cm³/mol. The lowest BCUT2D eigenvalue weighted by atomic mass is 10.5. The highest BCUT2D eigenvalue weighted by molar-refractivity contribution is 5.72. The van der Waals surface area contributed by atoms with E-state index in [4.69, 9.17) is 11.5 Å². The summed E-state index contributed by atoms with van der Waals surface area (Å²) >= 11 is 0. The molecule has 0 atom stereocenters. The highest BCUT2D eigenvalue weighted by Crippen LogP contribution is 1.68. The molecule has 0 aliphatic heterocycles. The molecule has 68 valence electrons. The first-order valence-electron chi connectivity index (χ1n) is 3.34. The van der Waals surface area contributed by atoms with Gasteiger partial charge in [-0.05, 0) is 0 Å². The average Bonchev–Trinajstić information content (AvgIpc) is 1.95. The van der Waals surface area contributed by atoms with Gasteiger partial charge < -0.3 is 22.1 Å². The molecule has 0 aliphatic carbocycles. The van der Waals surface area contributed by atoms with Gasteiger partial charge in [0.25, 0.3) is 0 Å². The summed E-state index contributed by atoms with van der Waals surface area (Å²) in [4.78, 5) is 20.3. The molecule has 0 aromatic heterocycles. The van der Waals surface area contributed by atoms with Crippen LogP contribution < -0.4 is 22.1 Å². The zero-order valence-corrected chi connectivity index (χ0v) is 6.54. The number of nitrogens with two attached hydrogens (primary N) is 2. The van der Waals surface area contributed by atoms with Gasteiger partial charge in [0.1, 0.15) is 0 Å². The molecule has 0 unspecified atom stereocenters. The molecular formula is C6H12N4O2. The van der Waals surface area contributed by atoms with Crippen molar-refractivity contribution >= 4 is 12.1 Å². The van der Waals surface area contributed by atoms with Crippen LogP contribution in [0.5, 0.6) is 0 Å². The van der Waals surface area contributed by atoms with Gasteiger partial charge in [0, 0.05) is 13.1 Å². The van der Waals surface area contributed by atoms with Crippen molar-refractivity contribution in [3.05, 3.63) is 12.2 Å². The van der Waals surface area contributed by atoms with Crippen molar-refractivity contribution in [3.8, 4) is 0 Å². The Kier molecular flexibility index (Phi) is 5.16. The highest BCUT2D eigenvalue weighted by Gasteiger charge is 1.86. The smallest absolute Gasteiger partial charge is 0.312 e. The molecule has 0 aliphatic rings. The van der Waals surface area contributed by atoms with E-state index < -0.39 is 12.1 Å². The Morgan fingerprint density at radius 3 is 1.58 bits per heavy atom. The van der Waals surface area contributed by atoms with E-state index >= 15 is 0 Å². The minimum atomic E-state index is -0.581. The van der Waals surface area contributed by atoms with Crippen LogP contribution in [-0.2, 0) is 0 Å². The molecule has 0 bridgehead atoms. The number of primary amides is 2. The van der Waals surface area contributed by atoms with Gasteiger partial charge in [-0.1, -0.05) is 12.2 Å². The summed E-state index contributed by atoms with van der Waals surface area (Å²) in [6.45, 7) is 0.686. The Hall–Kier alpha value is -1.72. The second-order valence-corrected chi connectivity index (χ2v) is 1.96. The molecule has 0 radical (unpaired) electrons. The number of hydrogen-bond acceptors (Lipinski definition) is 2. The Balaban J connectivity index is 3.26. The number of urea groups is 2. The standard InChI is InChI=1S/C6H12N4O2/c7-5(11)9-3-1-2-4-10-6(8)12/h1-2H,3-4H2,(H3,7,9,11)(H3,8,10,12). The van der Waals surface area contributed by atoms with E-state index in [1.54, 1.807) is 12.2 Å². The summed E-state index contributed by atoms with van der Waals surface area (Å²) in [5.41, 5.74) is 9.56. The minimum absolute atomic E-state index is 0.343. The summed E-state index contributed by atoms with van der Waals surface area (Å²) in [6, 6.07) is -1.16. The number of amides is 4. The molecule has 0 spiro atoms. The summed E-state index contributed by atoms with van der Waals surface area (Å²) in [5.74, 6) is 0. The van der Waals surface area contributed by atoms with E-state index in [-0.39, 0.29) is 0 Å². The maximum Gasteiger partial charge on any atom is 0.312 e. The van der Waals surface area contributed by atoms with Crippen molar-refractivity contribution in [2.45, 2.75) is 0 Å². The predicted octanol–water partition coefficient (Wildman–Crippen LogP) is -1.12. The van der Waals surface area contributed by atoms with E-state index in [1.165, 1.54) is 0 Å². The Morgan fingerprint density at radius 2 is 1.33 bits per heavy atom. The van der Waals surface area contributed by atoms with Crippen LogP contribution in [0.1, 0.15) is 0 Å². The van der Waals surface area contributed by atoms with Crippen molar-refractivity contribution in [2.24, 2.45) is 11.5 Å². The highest BCUT2D eigenvalue weighted by atomic mass is 16.2. The van der Waals surface area contributed by atoms with E-state index in [2.05, 4.69) is 10.6 Å². The van der Waals surface area contributed by atoms with Gasteiger partial charge in [-0.25, -0.2) is 9.59 Å². The van der Waals surface area contributed by atoms with Crippen molar-refractivity contribution in [3.63, 3.8) is 0 Å². The van der Waals surface area contributed by atoms with Gasteiger partial charge in [-0.2, -0.15) is 0 Å². The van der Waals surface area contributed by atoms with Gasteiger partial charge in [0.2, 0.25) is 0 Å². The van der Waals surface area contributed by atoms with Crippen LogP contribution >= 0.6 is 0 Å². The molecule has 0 aromatic rings. The third-order valence-corrected chi connectivity index (χ3v) is 0.955. The van der Waals surface area contributed by atoms with Crippen LogP contribution in [0.3, 0.4) is 0 Å². The van der Waals surface area contributed by atoms with E-state index in [1.807, 2.05) is 0 Å². The SMILES string of the molecule is NC(=O)NCC=CCNC(N)=O. The van der Waals surface area contributed by atoms with Crippen molar-refractivity contribution in [1.82, 2.24) is 10.6 Å². The molecule has 6 N–H and O–H groups in total. The fourth-order valence-corrected chi connectivity index (χ4v) is 0.486. The van der Waals surface area contributed by atoms with Crippen LogP contribution in [0.25, 0.3) is 0 Å². The number of carbonyl (C=O) groups excluding carboxylic acids is 2. The van der Waals surface area contributed by atoms with Crippen LogP contribution in [0.4, 0.5) is 9.59 Å². The second-order valence-electron chi connectivity index (χ2n) is 1.96. The molecular weight excluding hydrogens is 160 g/mol. The number of rotatable bonds is 4. The maximum atomic E-state index is 10.1. The molecule has 0 saturated carbocycles. The molecule has 12 heavy (non-hydrogen) atoms. The first kappa shape index (κ1) is 10.3. The first-order valence-corrected chi connectivity index (χ1v) is 3.34. The largest absolute Gasteiger partial charge is 0.352 e. The molecule has 0 aromatic carbocycles. The van der Waals surface area contributed by atoms with Crippen LogP contribution in [-0.4, -0.2) is 25.2 Å². The summed E-state index contributed by atoms with van der Waals surface area (Å²) in [6.07, 6.45) is 3.31. The third kappa shape index (κ3) is 8.28. The normalized spacial score (nSPS) is 9.67. The van der Waals surface area contributed by atoms with Crippen molar-refractivity contribution in [2.75, 3.05) is 13.1 Å². The topological polar surface area (TPSA) is 110 Å². The van der Waals surface area contributed by atoms with E-state index in [0.717, 1.165) is 0 Å². The van der Waals surface area contributed by atoms with E-state index in [0.29, 0.717) is 13.1 Å². The van der Waals surface area contributed by atoms with Crippen LogP contribution in [0.2, 0.25) is 0 Å². The van der Waals surface area contributed by atoms with E-state index in [9.17, 15) is 9.59 Å². The molecule has 6 nitrogen and oxygen atoms in total. The molecule has 6 heteroatoms. The molecule has 4 amide bonds. The molecule has 0 fully saturated rings. The van der Waals surface area contributed by atoms with Gasteiger partial charge in [-0.3, -0.25) is 0 Å². The number of carbonyl (C=O) groups is 2. The molecule has 0 rings (SSSR count). The lowest BCUT2D eigenvalue weighted by molar-refractivity contribution is 0.248. The van der Waals surface area contributed by atoms with Gasteiger partial charge >= 0.3 is 12.1 Å². The first-order chi connectivity index (χ1) is 5.63. The number of hydrogen-bond donors (Lipinski definition) is 4. The van der Waals surface area contributed by atoms with Gasteiger partial charge in [-0.15, -0.1) is 0 Å². The molecule has 0 saturated heterocycles. The maximum absolute atomic E-state index is 10.1.